The predicted octanol–water partition coefficient (Wildman–Crippen LogP) is 1.98. The van der Waals surface area contributed by atoms with E-state index in [1.54, 1.807) is 24.3 Å². The molecule has 0 radical (unpaired) electrons. The number of tetrazole rings is 1. The summed E-state index contributed by atoms with van der Waals surface area (Å²) in [5.41, 5.74) is 6.80. The number of aryl methyl sites for hydroxylation is 1. The number of rotatable bonds is 6. The summed E-state index contributed by atoms with van der Waals surface area (Å²) in [6.07, 6.45) is 7.57. The first-order valence-corrected chi connectivity index (χ1v) is 7.63. The molecular formula is C15H21N5O. The Morgan fingerprint density at radius 1 is 1.14 bits per heavy atom. The Morgan fingerprint density at radius 3 is 2.57 bits per heavy atom. The van der Waals surface area contributed by atoms with Gasteiger partial charge in [0.2, 0.25) is 0 Å². The van der Waals surface area contributed by atoms with E-state index in [0.29, 0.717) is 17.9 Å². The molecule has 1 heterocycles. The Bertz CT molecular complexity index is 639. The lowest BCUT2D eigenvalue weighted by atomic mass is 9.82. The van der Waals surface area contributed by atoms with Crippen molar-refractivity contribution in [2.75, 3.05) is 5.73 Å². The number of anilines is 1. The van der Waals surface area contributed by atoms with Gasteiger partial charge in [0, 0.05) is 12.2 Å². The van der Waals surface area contributed by atoms with Crippen molar-refractivity contribution in [3.63, 3.8) is 0 Å². The molecule has 6 nitrogen and oxygen atoms in total. The maximum absolute atomic E-state index is 12.2. The van der Waals surface area contributed by atoms with Crippen LogP contribution in [-0.2, 0) is 6.54 Å². The average Bonchev–Trinajstić information content (AvgIpc) is 2.79. The molecule has 1 aliphatic rings. The fourth-order valence-electron chi connectivity index (χ4n) is 2.67. The smallest absolute Gasteiger partial charge is 0.368 e. The molecule has 0 spiro atoms. The van der Waals surface area contributed by atoms with Gasteiger partial charge in [0.15, 0.2) is 0 Å². The second kappa shape index (κ2) is 6.11. The van der Waals surface area contributed by atoms with Crippen LogP contribution in [0.5, 0.6) is 0 Å². The average molecular weight is 287 g/mol. The number of nitrogen functional groups attached to an aromatic ring is 1. The molecule has 0 atom stereocenters. The van der Waals surface area contributed by atoms with Crippen LogP contribution < -0.4 is 11.4 Å². The molecule has 1 aliphatic carbocycles. The van der Waals surface area contributed by atoms with E-state index in [0.717, 1.165) is 18.8 Å². The topological polar surface area (TPSA) is 78.7 Å². The molecule has 1 aromatic heterocycles. The molecule has 1 saturated carbocycles. The second-order valence-electron chi connectivity index (χ2n) is 5.78. The standard InChI is InChI=1S/C15H21N5O/c16-13-7-9-14(10-8-13)20-15(21)19(17-18-20)11-2-1-4-12-5-3-6-12/h7-10,12H,1-6,11,16H2. The van der Waals surface area contributed by atoms with Crippen molar-refractivity contribution in [2.45, 2.75) is 45.1 Å². The molecule has 0 unspecified atom stereocenters. The lowest BCUT2D eigenvalue weighted by Crippen LogP contribution is -2.24. The van der Waals surface area contributed by atoms with Crippen molar-refractivity contribution >= 4 is 5.69 Å². The van der Waals surface area contributed by atoms with Crippen LogP contribution >= 0.6 is 0 Å². The summed E-state index contributed by atoms with van der Waals surface area (Å²) in [6, 6.07) is 7.04. The largest absolute Gasteiger partial charge is 0.399 e. The Labute approximate surface area is 123 Å². The number of hydrogen-bond donors (Lipinski definition) is 1. The van der Waals surface area contributed by atoms with Crippen molar-refractivity contribution in [2.24, 2.45) is 5.92 Å². The summed E-state index contributed by atoms with van der Waals surface area (Å²) >= 11 is 0. The third-order valence-corrected chi connectivity index (χ3v) is 4.23. The predicted molar refractivity (Wildman–Crippen MR) is 81.2 cm³/mol. The highest BCUT2D eigenvalue weighted by Crippen LogP contribution is 2.30. The molecule has 2 N–H and O–H groups in total. The van der Waals surface area contributed by atoms with Crippen LogP contribution in [0.2, 0.25) is 0 Å². The van der Waals surface area contributed by atoms with E-state index in [-0.39, 0.29) is 5.69 Å². The monoisotopic (exact) mass is 287 g/mol. The first-order valence-electron chi connectivity index (χ1n) is 7.63. The second-order valence-corrected chi connectivity index (χ2v) is 5.78. The minimum Gasteiger partial charge on any atom is -0.399 e. The van der Waals surface area contributed by atoms with Gasteiger partial charge in [-0.15, -0.1) is 0 Å². The van der Waals surface area contributed by atoms with Gasteiger partial charge in [0.05, 0.1) is 5.69 Å². The molecule has 3 rings (SSSR count). The summed E-state index contributed by atoms with van der Waals surface area (Å²) in [7, 11) is 0. The highest BCUT2D eigenvalue weighted by Gasteiger charge is 2.16. The van der Waals surface area contributed by atoms with Crippen LogP contribution in [0, 0.1) is 5.92 Å². The van der Waals surface area contributed by atoms with Gasteiger partial charge >= 0.3 is 5.69 Å². The van der Waals surface area contributed by atoms with Crippen molar-refractivity contribution in [1.29, 1.82) is 0 Å². The van der Waals surface area contributed by atoms with Crippen molar-refractivity contribution < 1.29 is 0 Å². The van der Waals surface area contributed by atoms with Crippen LogP contribution in [0.3, 0.4) is 0 Å². The molecule has 0 aliphatic heterocycles. The van der Waals surface area contributed by atoms with Crippen LogP contribution in [0.15, 0.2) is 29.1 Å². The number of nitrogens with two attached hydrogens (primary N) is 1. The first-order chi connectivity index (χ1) is 10.2. The number of hydrogen-bond acceptors (Lipinski definition) is 4. The number of benzene rings is 1. The highest BCUT2D eigenvalue weighted by atomic mass is 16.2. The van der Waals surface area contributed by atoms with E-state index in [1.165, 1.54) is 35.0 Å². The van der Waals surface area contributed by atoms with E-state index in [4.69, 9.17) is 5.73 Å². The zero-order valence-electron chi connectivity index (χ0n) is 12.1. The van der Waals surface area contributed by atoms with Gasteiger partial charge in [-0.3, -0.25) is 0 Å². The molecule has 21 heavy (non-hydrogen) atoms. The Balaban J connectivity index is 1.59. The van der Waals surface area contributed by atoms with Gasteiger partial charge in [0.25, 0.3) is 0 Å². The van der Waals surface area contributed by atoms with Crippen LogP contribution in [0.4, 0.5) is 5.69 Å². The summed E-state index contributed by atoms with van der Waals surface area (Å²) in [5, 5.41) is 7.88. The van der Waals surface area contributed by atoms with E-state index >= 15 is 0 Å². The van der Waals surface area contributed by atoms with E-state index in [9.17, 15) is 4.79 Å². The molecule has 0 saturated heterocycles. The highest BCUT2D eigenvalue weighted by molar-refractivity contribution is 5.44. The van der Waals surface area contributed by atoms with Crippen molar-refractivity contribution in [3.8, 4) is 5.69 Å². The fourth-order valence-corrected chi connectivity index (χ4v) is 2.67. The summed E-state index contributed by atoms with van der Waals surface area (Å²) in [4.78, 5) is 12.2. The number of unbranched alkanes of at least 4 members (excludes halogenated alkanes) is 1. The Hall–Kier alpha value is -2.11. The lowest BCUT2D eigenvalue weighted by Gasteiger charge is -2.24. The summed E-state index contributed by atoms with van der Waals surface area (Å²) < 4.78 is 2.75. The Morgan fingerprint density at radius 2 is 1.90 bits per heavy atom. The molecule has 1 aromatic carbocycles. The third-order valence-electron chi connectivity index (χ3n) is 4.23. The molecule has 0 bridgehead atoms. The normalized spacial score (nSPS) is 15.0. The molecule has 2 aromatic rings. The molecule has 6 heteroatoms. The number of nitrogens with zero attached hydrogens (tertiary/aromatic N) is 4. The van der Waals surface area contributed by atoms with Crippen molar-refractivity contribution in [3.05, 3.63) is 34.7 Å². The lowest BCUT2D eigenvalue weighted by molar-refractivity contribution is 0.284. The number of aromatic nitrogens is 4. The van der Waals surface area contributed by atoms with Crippen molar-refractivity contribution in [1.82, 2.24) is 19.8 Å². The van der Waals surface area contributed by atoms with E-state index in [1.807, 2.05) is 0 Å². The third kappa shape index (κ3) is 3.15. The molecular weight excluding hydrogens is 266 g/mol. The van der Waals surface area contributed by atoms with Crippen LogP contribution in [0.25, 0.3) is 5.69 Å². The van der Waals surface area contributed by atoms with Gasteiger partial charge in [-0.25, -0.2) is 4.79 Å². The van der Waals surface area contributed by atoms with Gasteiger partial charge in [-0.2, -0.15) is 9.36 Å². The van der Waals surface area contributed by atoms with Gasteiger partial charge in [-0.1, -0.05) is 32.1 Å². The molecule has 112 valence electrons. The summed E-state index contributed by atoms with van der Waals surface area (Å²) in [5.74, 6) is 0.923. The van der Waals surface area contributed by atoms with Crippen LogP contribution in [0.1, 0.15) is 38.5 Å². The van der Waals surface area contributed by atoms with E-state index in [2.05, 4.69) is 10.4 Å². The van der Waals surface area contributed by atoms with Gasteiger partial charge < -0.3 is 5.73 Å². The zero-order valence-corrected chi connectivity index (χ0v) is 12.1. The van der Waals surface area contributed by atoms with E-state index < -0.39 is 0 Å². The molecule has 0 amide bonds. The molecule has 1 fully saturated rings. The zero-order chi connectivity index (χ0) is 14.7. The van der Waals surface area contributed by atoms with Gasteiger partial charge in [0.1, 0.15) is 0 Å². The fraction of sp³-hybridized carbons (Fsp3) is 0.533. The Kier molecular flexibility index (Phi) is 4.03. The quantitative estimate of drug-likeness (QED) is 0.651. The maximum Gasteiger partial charge on any atom is 0.368 e. The minimum absolute atomic E-state index is 0.191. The SMILES string of the molecule is Nc1ccc(-n2nnn(CCCCC3CCC3)c2=O)cc1. The minimum atomic E-state index is -0.191. The first kappa shape index (κ1) is 13.9. The summed E-state index contributed by atoms with van der Waals surface area (Å²) in [6.45, 7) is 0.639. The van der Waals surface area contributed by atoms with Crippen LogP contribution in [-0.4, -0.2) is 19.8 Å². The maximum atomic E-state index is 12.2. The van der Waals surface area contributed by atoms with Gasteiger partial charge in [-0.05, 0) is 47.0 Å².